The average molecular weight is 473 g/mol. The molecule has 0 spiro atoms. The highest BCUT2D eigenvalue weighted by atomic mass is 32.2. The summed E-state index contributed by atoms with van der Waals surface area (Å²) in [4.78, 5) is 12.9. The van der Waals surface area contributed by atoms with Gasteiger partial charge < -0.3 is 14.6 Å². The number of carbonyl (C=O) groups excluding carboxylic acids is 1. The summed E-state index contributed by atoms with van der Waals surface area (Å²) in [5, 5.41) is 13.8. The van der Waals surface area contributed by atoms with Gasteiger partial charge in [-0.15, -0.1) is 0 Å². The van der Waals surface area contributed by atoms with E-state index in [-0.39, 0.29) is 22.8 Å². The molecule has 0 unspecified atom stereocenters. The molecule has 3 aromatic rings. The molecule has 1 atom stereocenters. The Morgan fingerprint density at radius 3 is 2.52 bits per heavy atom. The van der Waals surface area contributed by atoms with E-state index >= 15 is 0 Å². The summed E-state index contributed by atoms with van der Waals surface area (Å²) >= 11 is 0. The number of aliphatic hydroxyl groups excluding tert-OH is 1. The fourth-order valence-electron chi connectivity index (χ4n) is 3.24. The van der Waals surface area contributed by atoms with Crippen LogP contribution in [0.4, 0.5) is 0 Å². The van der Waals surface area contributed by atoms with Crippen molar-refractivity contribution in [1.82, 2.24) is 14.5 Å². The number of carbonyl (C=O) groups is 1. The SMILES string of the molecule is COc1cc(C(=O)N[S@](=N)(=O)c2cc(C(C)(C)CO)ccc2OC)ccc1Cn1cccn1. The topological polar surface area (TPSA) is 127 Å². The summed E-state index contributed by atoms with van der Waals surface area (Å²) in [7, 11) is -0.878. The van der Waals surface area contributed by atoms with E-state index < -0.39 is 21.2 Å². The first kappa shape index (κ1) is 24.3. The molecule has 1 amide bonds. The van der Waals surface area contributed by atoms with E-state index in [1.54, 1.807) is 35.1 Å². The molecule has 176 valence electrons. The minimum Gasteiger partial charge on any atom is -0.496 e. The van der Waals surface area contributed by atoms with Crippen molar-refractivity contribution in [2.45, 2.75) is 30.7 Å². The van der Waals surface area contributed by atoms with Crippen molar-refractivity contribution in [2.24, 2.45) is 0 Å². The molecule has 0 saturated heterocycles. The number of aromatic nitrogens is 2. The summed E-state index contributed by atoms with van der Waals surface area (Å²) in [5.41, 5.74) is 1.05. The van der Waals surface area contributed by atoms with E-state index in [0.29, 0.717) is 17.9 Å². The second-order valence-corrected chi connectivity index (χ2v) is 9.88. The summed E-state index contributed by atoms with van der Waals surface area (Å²) in [6, 6.07) is 11.5. The Kier molecular flexibility index (Phi) is 7.09. The Hall–Kier alpha value is -3.37. The number of nitrogens with one attached hydrogen (secondary N) is 2. The van der Waals surface area contributed by atoms with Gasteiger partial charge in [-0.25, -0.2) is 8.99 Å². The van der Waals surface area contributed by atoms with Crippen molar-refractivity contribution < 1.29 is 23.6 Å². The molecule has 3 N–H and O–H groups in total. The Morgan fingerprint density at radius 2 is 1.91 bits per heavy atom. The van der Waals surface area contributed by atoms with Gasteiger partial charge in [0.05, 0.1) is 27.4 Å². The van der Waals surface area contributed by atoms with E-state index in [2.05, 4.69) is 9.82 Å². The van der Waals surface area contributed by atoms with Gasteiger partial charge in [-0.05, 0) is 35.9 Å². The molecule has 0 fully saturated rings. The number of hydrogen-bond donors (Lipinski definition) is 3. The van der Waals surface area contributed by atoms with E-state index in [9.17, 15) is 14.1 Å². The van der Waals surface area contributed by atoms with Gasteiger partial charge in [0.1, 0.15) is 16.4 Å². The third-order valence-electron chi connectivity index (χ3n) is 5.33. The number of methoxy groups -OCH3 is 2. The van der Waals surface area contributed by atoms with Crippen molar-refractivity contribution >= 4 is 15.8 Å². The molecular formula is C23H28N4O5S. The van der Waals surface area contributed by atoms with Crippen LogP contribution in [-0.2, 0) is 21.9 Å². The second-order valence-electron chi connectivity index (χ2n) is 8.13. The van der Waals surface area contributed by atoms with Crippen LogP contribution in [0.2, 0.25) is 0 Å². The Bertz CT molecular complexity index is 1240. The molecule has 9 nitrogen and oxygen atoms in total. The van der Waals surface area contributed by atoms with Gasteiger partial charge in [0.15, 0.2) is 9.92 Å². The fraction of sp³-hybridized carbons (Fsp3) is 0.304. The first-order chi connectivity index (χ1) is 15.6. The molecule has 33 heavy (non-hydrogen) atoms. The maximum absolute atomic E-state index is 13.3. The number of rotatable bonds is 9. The predicted molar refractivity (Wildman–Crippen MR) is 124 cm³/mol. The lowest BCUT2D eigenvalue weighted by Gasteiger charge is -2.24. The number of amides is 1. The maximum Gasteiger partial charge on any atom is 0.263 e. The minimum atomic E-state index is -3.77. The fourth-order valence-corrected chi connectivity index (χ4v) is 4.46. The van der Waals surface area contributed by atoms with E-state index in [1.807, 2.05) is 26.1 Å². The van der Waals surface area contributed by atoms with Gasteiger partial charge in [0, 0.05) is 28.9 Å². The normalized spacial score (nSPS) is 13.2. The van der Waals surface area contributed by atoms with Crippen LogP contribution in [0.5, 0.6) is 11.5 Å². The smallest absolute Gasteiger partial charge is 0.263 e. The lowest BCUT2D eigenvalue weighted by atomic mass is 9.86. The van der Waals surface area contributed by atoms with Crippen molar-refractivity contribution in [1.29, 1.82) is 4.78 Å². The molecule has 1 heterocycles. The largest absolute Gasteiger partial charge is 0.496 e. The standard InChI is InChI=1S/C23H28N4O5S/c1-23(2,15-28)18-8-9-19(31-3)21(13-18)33(24,30)26-22(29)16-6-7-17(20(12-16)32-4)14-27-11-5-10-25-27/h5-13,28H,14-15H2,1-4H3,(H2,24,26,29,30)/t33-/m0/s1. The third-order valence-corrected chi connectivity index (χ3v) is 6.74. The van der Waals surface area contributed by atoms with Gasteiger partial charge in [-0.2, -0.15) is 5.10 Å². The summed E-state index contributed by atoms with van der Waals surface area (Å²) in [6.45, 7) is 3.95. The van der Waals surface area contributed by atoms with Crippen LogP contribution >= 0.6 is 0 Å². The molecule has 2 aromatic carbocycles. The summed E-state index contributed by atoms with van der Waals surface area (Å²) in [5.74, 6) is -0.00772. The summed E-state index contributed by atoms with van der Waals surface area (Å²) < 4.78 is 36.5. The lowest BCUT2D eigenvalue weighted by molar-refractivity contribution is 0.0982. The first-order valence-corrected chi connectivity index (χ1v) is 11.7. The van der Waals surface area contributed by atoms with Crippen LogP contribution in [0.15, 0.2) is 59.8 Å². The van der Waals surface area contributed by atoms with Crippen LogP contribution in [0.3, 0.4) is 0 Å². The van der Waals surface area contributed by atoms with Gasteiger partial charge in [-0.1, -0.05) is 26.0 Å². The van der Waals surface area contributed by atoms with Gasteiger partial charge in [0.2, 0.25) is 0 Å². The first-order valence-electron chi connectivity index (χ1n) is 10.2. The molecule has 0 radical (unpaired) electrons. The van der Waals surface area contributed by atoms with Crippen LogP contribution in [0.1, 0.15) is 35.3 Å². The van der Waals surface area contributed by atoms with Crippen molar-refractivity contribution in [3.05, 3.63) is 71.5 Å². The quantitative estimate of drug-likeness (QED) is 0.439. The van der Waals surface area contributed by atoms with Crippen LogP contribution in [0.25, 0.3) is 0 Å². The van der Waals surface area contributed by atoms with Crippen molar-refractivity contribution in [3.8, 4) is 11.5 Å². The van der Waals surface area contributed by atoms with E-state index in [0.717, 1.165) is 5.56 Å². The number of benzene rings is 2. The van der Waals surface area contributed by atoms with Crippen LogP contribution in [0, 0.1) is 4.78 Å². The molecule has 1 aromatic heterocycles. The molecule has 0 aliphatic heterocycles. The Labute approximate surface area is 193 Å². The highest BCUT2D eigenvalue weighted by molar-refractivity contribution is 7.91. The lowest BCUT2D eigenvalue weighted by Crippen LogP contribution is -2.30. The molecule has 0 aliphatic carbocycles. The Balaban J connectivity index is 1.90. The average Bonchev–Trinajstić information content (AvgIpc) is 3.31. The van der Waals surface area contributed by atoms with E-state index in [4.69, 9.17) is 14.3 Å². The molecule has 3 rings (SSSR count). The predicted octanol–water partition coefficient (Wildman–Crippen LogP) is 2.97. The zero-order valence-corrected chi connectivity index (χ0v) is 19.8. The van der Waals surface area contributed by atoms with Gasteiger partial charge in [-0.3, -0.25) is 14.2 Å². The third kappa shape index (κ3) is 5.35. The van der Waals surface area contributed by atoms with Crippen LogP contribution < -0.4 is 14.2 Å². The summed E-state index contributed by atoms with van der Waals surface area (Å²) in [6.07, 6.45) is 3.49. The highest BCUT2D eigenvalue weighted by Gasteiger charge is 2.25. The van der Waals surface area contributed by atoms with Crippen molar-refractivity contribution in [2.75, 3.05) is 20.8 Å². The van der Waals surface area contributed by atoms with Gasteiger partial charge in [0.25, 0.3) is 5.91 Å². The minimum absolute atomic E-state index is 0.0274. The zero-order chi connectivity index (χ0) is 24.2. The molecule has 0 bridgehead atoms. The monoisotopic (exact) mass is 472 g/mol. The van der Waals surface area contributed by atoms with E-state index in [1.165, 1.54) is 26.4 Å². The van der Waals surface area contributed by atoms with Gasteiger partial charge >= 0.3 is 0 Å². The number of ether oxygens (including phenoxy) is 2. The highest BCUT2D eigenvalue weighted by Crippen LogP contribution is 2.31. The number of aliphatic hydroxyl groups is 1. The Morgan fingerprint density at radius 1 is 1.18 bits per heavy atom. The molecule has 10 heteroatoms. The molecule has 0 aliphatic rings. The van der Waals surface area contributed by atoms with Crippen LogP contribution in [-0.4, -0.2) is 45.8 Å². The molecular weight excluding hydrogens is 444 g/mol. The second kappa shape index (κ2) is 9.63. The van der Waals surface area contributed by atoms with Crippen molar-refractivity contribution in [3.63, 3.8) is 0 Å². The zero-order valence-electron chi connectivity index (χ0n) is 19.0. The molecule has 0 saturated carbocycles. The maximum atomic E-state index is 13.3. The number of nitrogens with zero attached hydrogens (tertiary/aromatic N) is 2. The number of hydrogen-bond acceptors (Lipinski definition) is 7.